The summed E-state index contributed by atoms with van der Waals surface area (Å²) in [5, 5.41) is 3.58. The maximum Gasteiger partial charge on any atom is 0.244 e. The molecule has 0 spiro atoms. The number of pyridine rings is 1. The minimum atomic E-state index is -3.70. The van der Waals surface area contributed by atoms with Crippen molar-refractivity contribution in [1.29, 1.82) is 0 Å². The highest BCUT2D eigenvalue weighted by atomic mass is 32.2. The second kappa shape index (κ2) is 5.73. The summed E-state index contributed by atoms with van der Waals surface area (Å²) in [6.07, 6.45) is 2.94. The average molecular weight is 284 g/mol. The Balaban J connectivity index is 2.05. The molecule has 2 aromatic rings. The monoisotopic (exact) mass is 284 g/mol. The molecule has 0 fully saturated rings. The number of sulfonamides is 1. The van der Waals surface area contributed by atoms with Crippen LogP contribution in [0.4, 0.5) is 5.82 Å². The van der Waals surface area contributed by atoms with Gasteiger partial charge in [-0.15, -0.1) is 0 Å². The number of nitrogens with one attached hydrogen (secondary N) is 2. The first-order valence-electron chi connectivity index (χ1n) is 5.30. The molecule has 0 saturated carbocycles. The van der Waals surface area contributed by atoms with Crippen molar-refractivity contribution in [2.45, 2.75) is 11.3 Å². The van der Waals surface area contributed by atoms with Gasteiger partial charge in [-0.3, -0.25) is 0 Å². The van der Waals surface area contributed by atoms with Crippen LogP contribution < -0.4 is 16.0 Å². The molecule has 4 N–H and O–H groups in total. The van der Waals surface area contributed by atoms with E-state index in [1.165, 1.54) is 24.7 Å². The summed E-state index contributed by atoms with van der Waals surface area (Å²) in [6.45, 7) is 0.140. The van der Waals surface area contributed by atoms with Gasteiger partial charge in [-0.2, -0.15) is 4.98 Å². The van der Waals surface area contributed by atoms with Gasteiger partial charge in [0.15, 0.2) is 11.6 Å². The van der Waals surface area contributed by atoms with Crippen LogP contribution in [-0.4, -0.2) is 30.1 Å². The highest BCUT2D eigenvalue weighted by Crippen LogP contribution is 2.16. The number of hydrogen-bond acceptors (Lipinski definition) is 8. The normalized spacial score (nSPS) is 11.4. The first-order chi connectivity index (χ1) is 9.13. The first kappa shape index (κ1) is 13.4. The predicted octanol–water partition coefficient (Wildman–Crippen LogP) is -0.729. The molecule has 0 atom stereocenters. The molecule has 0 saturated heterocycles. The maximum atomic E-state index is 12.0. The fourth-order valence-electron chi connectivity index (χ4n) is 1.39. The van der Waals surface area contributed by atoms with Crippen LogP contribution in [0.5, 0.6) is 0 Å². The molecule has 0 radical (unpaired) electrons. The van der Waals surface area contributed by atoms with Crippen molar-refractivity contribution in [2.24, 2.45) is 5.84 Å². The quantitative estimate of drug-likeness (QED) is 0.466. The van der Waals surface area contributed by atoms with Crippen molar-refractivity contribution in [1.82, 2.24) is 19.8 Å². The van der Waals surface area contributed by atoms with Gasteiger partial charge >= 0.3 is 0 Å². The van der Waals surface area contributed by atoms with Crippen LogP contribution in [0.3, 0.4) is 0 Å². The van der Waals surface area contributed by atoms with Crippen molar-refractivity contribution in [3.63, 3.8) is 0 Å². The molecule has 0 aliphatic rings. The molecule has 0 amide bonds. The molecule has 2 aromatic heterocycles. The Morgan fingerprint density at radius 1 is 1.37 bits per heavy atom. The third kappa shape index (κ3) is 3.24. The van der Waals surface area contributed by atoms with Crippen LogP contribution >= 0.6 is 0 Å². The van der Waals surface area contributed by atoms with Crippen LogP contribution in [0.25, 0.3) is 0 Å². The molecule has 0 aromatic carbocycles. The standard InChI is InChI=1S/C9H12N6O3S/c10-14-9-7(2-1-4-11-9)19(16,17)13-5-3-8-12-6-18-15-8/h1-2,4,6,13H,3,5,10H2,(H,11,14). The summed E-state index contributed by atoms with van der Waals surface area (Å²) in [5.41, 5.74) is 2.24. The lowest BCUT2D eigenvalue weighted by Gasteiger charge is -2.09. The number of aromatic nitrogens is 3. The third-order valence-electron chi connectivity index (χ3n) is 2.24. The smallest absolute Gasteiger partial charge is 0.244 e. The summed E-state index contributed by atoms with van der Waals surface area (Å²) in [4.78, 5) is 7.59. The molecule has 102 valence electrons. The fourth-order valence-corrected chi connectivity index (χ4v) is 2.54. The van der Waals surface area contributed by atoms with E-state index in [1.807, 2.05) is 0 Å². The lowest BCUT2D eigenvalue weighted by molar-refractivity contribution is 0.410. The van der Waals surface area contributed by atoms with E-state index >= 15 is 0 Å². The Morgan fingerprint density at radius 2 is 2.21 bits per heavy atom. The molecule has 2 heterocycles. The summed E-state index contributed by atoms with van der Waals surface area (Å²) >= 11 is 0. The van der Waals surface area contributed by atoms with Crippen LogP contribution in [0.1, 0.15) is 5.82 Å². The van der Waals surface area contributed by atoms with E-state index in [9.17, 15) is 8.42 Å². The maximum absolute atomic E-state index is 12.0. The zero-order valence-corrected chi connectivity index (χ0v) is 10.6. The number of hydrazine groups is 1. The van der Waals surface area contributed by atoms with Gasteiger partial charge in [0.25, 0.3) is 0 Å². The van der Waals surface area contributed by atoms with E-state index < -0.39 is 10.0 Å². The molecule has 0 unspecified atom stereocenters. The zero-order valence-electron chi connectivity index (χ0n) is 9.78. The number of nitrogens with two attached hydrogens (primary N) is 1. The summed E-state index contributed by atoms with van der Waals surface area (Å²) in [7, 11) is -3.70. The van der Waals surface area contributed by atoms with E-state index in [0.29, 0.717) is 12.2 Å². The first-order valence-corrected chi connectivity index (χ1v) is 6.78. The number of anilines is 1. The van der Waals surface area contributed by atoms with E-state index in [1.54, 1.807) is 0 Å². The summed E-state index contributed by atoms with van der Waals surface area (Å²) in [5.74, 6) is 5.72. The SMILES string of the molecule is NNc1ncccc1S(=O)(=O)NCCc1ncon1. The van der Waals surface area contributed by atoms with E-state index in [0.717, 1.165) is 0 Å². The van der Waals surface area contributed by atoms with Gasteiger partial charge in [0.05, 0.1) is 0 Å². The number of rotatable bonds is 6. The number of nitrogen functional groups attached to an aromatic ring is 1. The predicted molar refractivity (Wildman–Crippen MR) is 65.2 cm³/mol. The number of hydrogen-bond donors (Lipinski definition) is 3. The van der Waals surface area contributed by atoms with Crippen LogP contribution in [0, 0.1) is 0 Å². The van der Waals surface area contributed by atoms with Crippen molar-refractivity contribution < 1.29 is 12.9 Å². The molecule has 2 rings (SSSR count). The van der Waals surface area contributed by atoms with Crippen LogP contribution in [0.15, 0.2) is 34.1 Å². The third-order valence-corrected chi connectivity index (χ3v) is 3.74. The number of nitrogens with zero attached hydrogens (tertiary/aromatic N) is 3. The topological polar surface area (TPSA) is 136 Å². The molecule has 0 aliphatic heterocycles. The highest BCUT2D eigenvalue weighted by Gasteiger charge is 2.18. The van der Waals surface area contributed by atoms with Gasteiger partial charge in [-0.25, -0.2) is 24.0 Å². The fraction of sp³-hybridized carbons (Fsp3) is 0.222. The van der Waals surface area contributed by atoms with Gasteiger partial charge in [-0.1, -0.05) is 5.16 Å². The van der Waals surface area contributed by atoms with Crippen molar-refractivity contribution in [2.75, 3.05) is 12.0 Å². The summed E-state index contributed by atoms with van der Waals surface area (Å²) in [6, 6.07) is 2.91. The van der Waals surface area contributed by atoms with E-state index in [2.05, 4.69) is 29.8 Å². The minimum Gasteiger partial charge on any atom is -0.343 e. The Bertz CT molecular complexity index is 627. The van der Waals surface area contributed by atoms with Crippen LogP contribution in [0.2, 0.25) is 0 Å². The molecule has 19 heavy (non-hydrogen) atoms. The van der Waals surface area contributed by atoms with E-state index in [4.69, 9.17) is 5.84 Å². The molecule has 0 aliphatic carbocycles. The average Bonchev–Trinajstić information content (AvgIpc) is 2.91. The lowest BCUT2D eigenvalue weighted by atomic mass is 10.4. The van der Waals surface area contributed by atoms with Gasteiger partial charge in [0.1, 0.15) is 4.90 Å². The molecular formula is C9H12N6O3S. The molecule has 9 nitrogen and oxygen atoms in total. The largest absolute Gasteiger partial charge is 0.343 e. The Morgan fingerprint density at radius 3 is 2.89 bits per heavy atom. The van der Waals surface area contributed by atoms with Crippen LogP contribution in [-0.2, 0) is 16.4 Å². The summed E-state index contributed by atoms with van der Waals surface area (Å²) < 4.78 is 31.0. The lowest BCUT2D eigenvalue weighted by Crippen LogP contribution is -2.27. The second-order valence-electron chi connectivity index (χ2n) is 3.49. The van der Waals surface area contributed by atoms with Gasteiger partial charge in [-0.05, 0) is 12.1 Å². The van der Waals surface area contributed by atoms with Crippen molar-refractivity contribution >= 4 is 15.8 Å². The zero-order chi connectivity index (χ0) is 13.7. The minimum absolute atomic E-state index is 0.0226. The molecular weight excluding hydrogens is 272 g/mol. The molecule has 0 bridgehead atoms. The Hall–Kier alpha value is -2.04. The van der Waals surface area contributed by atoms with Gasteiger partial charge in [0, 0.05) is 19.2 Å². The Labute approximate surface area is 109 Å². The van der Waals surface area contributed by atoms with Gasteiger partial charge in [0.2, 0.25) is 16.4 Å². The van der Waals surface area contributed by atoms with Gasteiger partial charge < -0.3 is 9.95 Å². The van der Waals surface area contributed by atoms with Crippen molar-refractivity contribution in [3.8, 4) is 0 Å². The second-order valence-corrected chi connectivity index (χ2v) is 5.23. The van der Waals surface area contributed by atoms with E-state index in [-0.39, 0.29) is 17.3 Å². The molecule has 10 heteroatoms. The Kier molecular flexibility index (Phi) is 4.04. The van der Waals surface area contributed by atoms with Crippen molar-refractivity contribution in [3.05, 3.63) is 30.5 Å². The highest BCUT2D eigenvalue weighted by molar-refractivity contribution is 7.89.